The maximum atomic E-state index is 4.83. The van der Waals surface area contributed by atoms with E-state index in [0.29, 0.717) is 0 Å². The van der Waals surface area contributed by atoms with E-state index in [1.54, 1.807) is 11.3 Å². The summed E-state index contributed by atoms with van der Waals surface area (Å²) < 4.78 is 1.30. The zero-order valence-electron chi connectivity index (χ0n) is 11.7. The number of fused-ring (bicyclic) bond motifs is 1. The summed E-state index contributed by atoms with van der Waals surface area (Å²) in [6.07, 6.45) is 0. The molecule has 4 rings (SSSR count). The van der Waals surface area contributed by atoms with Crippen molar-refractivity contribution < 1.29 is 0 Å². The largest absolute Gasteiger partial charge is 0.368 e. The smallest absolute Gasteiger partial charge is 0.0838 e. The molecule has 0 atom stereocenters. The highest BCUT2D eigenvalue weighted by Gasteiger charge is 2.16. The van der Waals surface area contributed by atoms with Gasteiger partial charge in [-0.25, -0.2) is 4.98 Å². The van der Waals surface area contributed by atoms with Gasteiger partial charge in [0, 0.05) is 31.7 Å². The molecule has 1 aromatic carbocycles. The second kappa shape index (κ2) is 5.47. The molecule has 1 fully saturated rings. The SMILES string of the molecule is c1ccc(-c2cc(N3CCNCC3)c3sccc3n2)cc1. The molecule has 106 valence electrons. The Balaban J connectivity index is 1.86. The minimum absolute atomic E-state index is 1.05. The van der Waals surface area contributed by atoms with Crippen molar-refractivity contribution in [3.05, 3.63) is 47.8 Å². The second-order valence-corrected chi connectivity index (χ2v) is 6.18. The Morgan fingerprint density at radius 2 is 1.86 bits per heavy atom. The molecule has 1 N–H and O–H groups in total. The normalized spacial score (nSPS) is 15.5. The third-order valence-corrected chi connectivity index (χ3v) is 4.84. The molecule has 0 spiro atoms. The lowest BCUT2D eigenvalue weighted by atomic mass is 10.1. The van der Waals surface area contributed by atoms with Crippen molar-refractivity contribution in [3.63, 3.8) is 0 Å². The minimum Gasteiger partial charge on any atom is -0.368 e. The average Bonchev–Trinajstić information content (AvgIpc) is 3.04. The Labute approximate surface area is 128 Å². The summed E-state index contributed by atoms with van der Waals surface area (Å²) >= 11 is 1.79. The number of thiophene rings is 1. The van der Waals surface area contributed by atoms with Gasteiger partial charge in [0.25, 0.3) is 0 Å². The van der Waals surface area contributed by atoms with E-state index in [0.717, 1.165) is 37.4 Å². The van der Waals surface area contributed by atoms with Crippen LogP contribution in [0.5, 0.6) is 0 Å². The van der Waals surface area contributed by atoms with Crippen LogP contribution < -0.4 is 10.2 Å². The fourth-order valence-corrected chi connectivity index (χ4v) is 3.71. The molecular weight excluding hydrogens is 278 g/mol. The van der Waals surface area contributed by atoms with Crippen molar-refractivity contribution in [2.24, 2.45) is 0 Å². The van der Waals surface area contributed by atoms with Gasteiger partial charge in [0.05, 0.1) is 21.6 Å². The summed E-state index contributed by atoms with van der Waals surface area (Å²) in [7, 11) is 0. The van der Waals surface area contributed by atoms with Crippen LogP contribution in [0.4, 0.5) is 5.69 Å². The highest BCUT2D eigenvalue weighted by atomic mass is 32.1. The number of pyridine rings is 1. The number of rotatable bonds is 2. The van der Waals surface area contributed by atoms with Gasteiger partial charge in [-0.2, -0.15) is 0 Å². The van der Waals surface area contributed by atoms with Crippen molar-refractivity contribution in [2.75, 3.05) is 31.1 Å². The van der Waals surface area contributed by atoms with Crippen molar-refractivity contribution in [2.45, 2.75) is 0 Å². The molecular formula is C17H17N3S. The van der Waals surface area contributed by atoms with Crippen LogP contribution in [0.3, 0.4) is 0 Å². The van der Waals surface area contributed by atoms with Crippen LogP contribution in [0.2, 0.25) is 0 Å². The van der Waals surface area contributed by atoms with E-state index in [1.807, 2.05) is 6.07 Å². The second-order valence-electron chi connectivity index (χ2n) is 5.26. The van der Waals surface area contributed by atoms with E-state index in [-0.39, 0.29) is 0 Å². The quantitative estimate of drug-likeness (QED) is 0.785. The minimum atomic E-state index is 1.05. The van der Waals surface area contributed by atoms with Crippen LogP contribution in [0.1, 0.15) is 0 Å². The average molecular weight is 295 g/mol. The molecule has 0 amide bonds. The van der Waals surface area contributed by atoms with Crippen LogP contribution in [-0.4, -0.2) is 31.2 Å². The van der Waals surface area contributed by atoms with Gasteiger partial charge >= 0.3 is 0 Å². The van der Waals surface area contributed by atoms with Gasteiger partial charge in [-0.15, -0.1) is 11.3 Å². The first-order valence-electron chi connectivity index (χ1n) is 7.31. The Kier molecular flexibility index (Phi) is 3.33. The van der Waals surface area contributed by atoms with E-state index in [1.165, 1.54) is 16.0 Å². The molecule has 2 aromatic heterocycles. The lowest BCUT2D eigenvalue weighted by Gasteiger charge is -2.30. The molecule has 3 nitrogen and oxygen atoms in total. The molecule has 0 bridgehead atoms. The Hall–Kier alpha value is -1.91. The lowest BCUT2D eigenvalue weighted by molar-refractivity contribution is 0.590. The fourth-order valence-electron chi connectivity index (χ4n) is 2.84. The molecule has 0 aliphatic carbocycles. The molecule has 21 heavy (non-hydrogen) atoms. The monoisotopic (exact) mass is 295 g/mol. The first-order chi connectivity index (χ1) is 10.4. The van der Waals surface area contributed by atoms with E-state index >= 15 is 0 Å². The number of benzene rings is 1. The van der Waals surface area contributed by atoms with Crippen LogP contribution in [0, 0.1) is 0 Å². The summed E-state index contributed by atoms with van der Waals surface area (Å²) in [5.74, 6) is 0. The number of nitrogens with zero attached hydrogens (tertiary/aromatic N) is 2. The number of hydrogen-bond acceptors (Lipinski definition) is 4. The zero-order valence-corrected chi connectivity index (χ0v) is 12.6. The van der Waals surface area contributed by atoms with Gasteiger partial charge in [-0.05, 0) is 17.5 Å². The van der Waals surface area contributed by atoms with E-state index in [9.17, 15) is 0 Å². The van der Waals surface area contributed by atoms with Gasteiger partial charge in [-0.3, -0.25) is 0 Å². The highest BCUT2D eigenvalue weighted by molar-refractivity contribution is 7.17. The lowest BCUT2D eigenvalue weighted by Crippen LogP contribution is -2.43. The first kappa shape index (κ1) is 12.8. The van der Waals surface area contributed by atoms with Crippen LogP contribution in [-0.2, 0) is 0 Å². The standard InChI is InChI=1S/C17H17N3S/c1-2-4-13(5-3-1)15-12-16(20-9-7-18-8-10-20)17-14(19-15)6-11-21-17/h1-6,11-12,18H,7-10H2. The Morgan fingerprint density at radius 3 is 2.67 bits per heavy atom. The van der Waals surface area contributed by atoms with Crippen molar-refractivity contribution in [3.8, 4) is 11.3 Å². The third-order valence-electron chi connectivity index (χ3n) is 3.92. The number of anilines is 1. The molecule has 3 heterocycles. The van der Waals surface area contributed by atoms with Crippen LogP contribution >= 0.6 is 11.3 Å². The Bertz CT molecular complexity index is 745. The maximum absolute atomic E-state index is 4.83. The summed E-state index contributed by atoms with van der Waals surface area (Å²) in [6.45, 7) is 4.22. The topological polar surface area (TPSA) is 28.2 Å². The van der Waals surface area contributed by atoms with Crippen molar-refractivity contribution in [1.82, 2.24) is 10.3 Å². The summed E-state index contributed by atoms with van der Waals surface area (Å²) in [4.78, 5) is 7.30. The molecule has 3 aromatic rings. The van der Waals surface area contributed by atoms with Crippen LogP contribution in [0.25, 0.3) is 21.5 Å². The highest BCUT2D eigenvalue weighted by Crippen LogP contribution is 2.34. The predicted octanol–water partition coefficient (Wildman–Crippen LogP) is 3.37. The molecule has 1 aliphatic rings. The number of aromatic nitrogens is 1. The molecule has 0 saturated carbocycles. The number of hydrogen-bond donors (Lipinski definition) is 1. The molecule has 0 radical (unpaired) electrons. The third kappa shape index (κ3) is 2.41. The first-order valence-corrected chi connectivity index (χ1v) is 8.19. The fraction of sp³-hybridized carbons (Fsp3) is 0.235. The van der Waals surface area contributed by atoms with Crippen molar-refractivity contribution in [1.29, 1.82) is 0 Å². The number of nitrogens with one attached hydrogen (secondary N) is 1. The van der Waals surface area contributed by atoms with Gasteiger partial charge in [0.2, 0.25) is 0 Å². The summed E-state index contributed by atoms with van der Waals surface area (Å²) in [5.41, 5.74) is 4.68. The van der Waals surface area contributed by atoms with Crippen molar-refractivity contribution >= 4 is 27.2 Å². The predicted molar refractivity (Wildman–Crippen MR) is 90.1 cm³/mol. The zero-order chi connectivity index (χ0) is 14.1. The molecule has 0 unspecified atom stereocenters. The number of piperazine rings is 1. The van der Waals surface area contributed by atoms with Gasteiger partial charge in [-0.1, -0.05) is 30.3 Å². The van der Waals surface area contributed by atoms with Gasteiger partial charge in [0.1, 0.15) is 0 Å². The maximum Gasteiger partial charge on any atom is 0.0838 e. The molecule has 1 aliphatic heterocycles. The van der Waals surface area contributed by atoms with Crippen LogP contribution in [0.15, 0.2) is 47.8 Å². The van der Waals surface area contributed by atoms with E-state index in [2.05, 4.69) is 52.0 Å². The van der Waals surface area contributed by atoms with E-state index in [4.69, 9.17) is 4.98 Å². The molecule has 4 heteroatoms. The Morgan fingerprint density at radius 1 is 1.05 bits per heavy atom. The summed E-state index contributed by atoms with van der Waals surface area (Å²) in [5, 5.41) is 5.56. The van der Waals surface area contributed by atoms with Gasteiger partial charge < -0.3 is 10.2 Å². The molecule has 1 saturated heterocycles. The van der Waals surface area contributed by atoms with Gasteiger partial charge in [0.15, 0.2) is 0 Å². The van der Waals surface area contributed by atoms with E-state index < -0.39 is 0 Å². The summed E-state index contributed by atoms with van der Waals surface area (Å²) in [6, 6.07) is 14.8.